The molecule has 2 aromatic rings. The molecule has 1 aliphatic heterocycles. The summed E-state index contributed by atoms with van der Waals surface area (Å²) in [6, 6.07) is 11.1. The molecule has 2 heterocycles. The third kappa shape index (κ3) is 6.48. The van der Waals surface area contributed by atoms with Gasteiger partial charge >= 0.3 is 0 Å². The number of piperidine rings is 1. The van der Waals surface area contributed by atoms with Crippen LogP contribution in [0, 0.1) is 0 Å². The summed E-state index contributed by atoms with van der Waals surface area (Å²) in [4.78, 5) is 6.97. The minimum absolute atomic E-state index is 0. The highest BCUT2D eigenvalue weighted by Gasteiger charge is 2.20. The normalized spacial score (nSPS) is 17.8. The SMILES string of the molecule is CCN1CCCCC1CNC(=NC)NCc1ccccc1Cn1cccn1.I. The second kappa shape index (κ2) is 12.1. The zero-order valence-electron chi connectivity index (χ0n) is 17.0. The van der Waals surface area contributed by atoms with Crippen molar-refractivity contribution in [3.8, 4) is 0 Å². The number of halogens is 1. The Bertz CT molecular complexity index is 715. The van der Waals surface area contributed by atoms with Crippen LogP contribution in [0.2, 0.25) is 0 Å². The Labute approximate surface area is 185 Å². The minimum Gasteiger partial charge on any atom is -0.355 e. The number of hydrogen-bond acceptors (Lipinski definition) is 3. The largest absolute Gasteiger partial charge is 0.355 e. The van der Waals surface area contributed by atoms with Crippen molar-refractivity contribution in [3.63, 3.8) is 0 Å². The molecule has 0 spiro atoms. The van der Waals surface area contributed by atoms with Gasteiger partial charge in [0.2, 0.25) is 0 Å². The summed E-state index contributed by atoms with van der Waals surface area (Å²) in [7, 11) is 1.84. The van der Waals surface area contributed by atoms with E-state index >= 15 is 0 Å². The lowest BCUT2D eigenvalue weighted by Crippen LogP contribution is -2.48. The molecule has 6 nitrogen and oxygen atoms in total. The van der Waals surface area contributed by atoms with Gasteiger partial charge in [-0.1, -0.05) is 37.6 Å². The number of nitrogens with zero attached hydrogens (tertiary/aromatic N) is 4. The second-order valence-corrected chi connectivity index (χ2v) is 7.06. The summed E-state index contributed by atoms with van der Waals surface area (Å²) < 4.78 is 1.95. The fourth-order valence-corrected chi connectivity index (χ4v) is 3.77. The van der Waals surface area contributed by atoms with Gasteiger partial charge < -0.3 is 10.6 Å². The number of hydrogen-bond donors (Lipinski definition) is 2. The van der Waals surface area contributed by atoms with Gasteiger partial charge in [-0.3, -0.25) is 14.6 Å². The number of aliphatic imine (C=N–C) groups is 1. The second-order valence-electron chi connectivity index (χ2n) is 7.06. The van der Waals surface area contributed by atoms with Crippen LogP contribution < -0.4 is 10.6 Å². The topological polar surface area (TPSA) is 57.5 Å². The zero-order valence-corrected chi connectivity index (χ0v) is 19.3. The Morgan fingerprint density at radius 2 is 2.00 bits per heavy atom. The summed E-state index contributed by atoms with van der Waals surface area (Å²) in [6.45, 7) is 7.07. The van der Waals surface area contributed by atoms with Crippen molar-refractivity contribution < 1.29 is 0 Å². The summed E-state index contributed by atoms with van der Waals surface area (Å²) in [6.07, 6.45) is 7.73. The Hall–Kier alpha value is -1.61. The van der Waals surface area contributed by atoms with Gasteiger partial charge in [0.1, 0.15) is 0 Å². The molecule has 28 heavy (non-hydrogen) atoms. The van der Waals surface area contributed by atoms with Crippen molar-refractivity contribution in [2.45, 2.75) is 45.3 Å². The van der Waals surface area contributed by atoms with Gasteiger partial charge in [-0.2, -0.15) is 5.10 Å². The van der Waals surface area contributed by atoms with Crippen LogP contribution in [0.3, 0.4) is 0 Å². The molecule has 0 bridgehead atoms. The number of aromatic nitrogens is 2. The van der Waals surface area contributed by atoms with Crippen LogP contribution in [0.5, 0.6) is 0 Å². The molecular weight excluding hydrogens is 463 g/mol. The van der Waals surface area contributed by atoms with E-state index in [1.807, 2.05) is 30.2 Å². The molecule has 7 heteroatoms. The van der Waals surface area contributed by atoms with Crippen LogP contribution in [0.25, 0.3) is 0 Å². The van der Waals surface area contributed by atoms with Crippen LogP contribution in [0.1, 0.15) is 37.3 Å². The highest BCUT2D eigenvalue weighted by molar-refractivity contribution is 14.0. The molecule has 1 aromatic carbocycles. The fourth-order valence-electron chi connectivity index (χ4n) is 3.77. The third-order valence-corrected chi connectivity index (χ3v) is 5.34. The average molecular weight is 496 g/mol. The predicted octanol–water partition coefficient (Wildman–Crippen LogP) is 3.09. The van der Waals surface area contributed by atoms with E-state index in [2.05, 4.69) is 56.8 Å². The molecule has 1 unspecified atom stereocenters. The first-order chi connectivity index (χ1) is 13.3. The van der Waals surface area contributed by atoms with E-state index in [0.29, 0.717) is 6.04 Å². The molecular formula is C21H33IN6. The molecule has 0 saturated carbocycles. The van der Waals surface area contributed by atoms with Gasteiger partial charge in [0.25, 0.3) is 0 Å². The highest BCUT2D eigenvalue weighted by atomic mass is 127. The van der Waals surface area contributed by atoms with Crippen LogP contribution in [0.4, 0.5) is 0 Å². The number of likely N-dealkylation sites (N-methyl/N-ethyl adjacent to an activating group) is 1. The van der Waals surface area contributed by atoms with Gasteiger partial charge in [-0.05, 0) is 43.1 Å². The van der Waals surface area contributed by atoms with Crippen molar-refractivity contribution in [2.24, 2.45) is 4.99 Å². The van der Waals surface area contributed by atoms with Crippen molar-refractivity contribution in [1.82, 2.24) is 25.3 Å². The van der Waals surface area contributed by atoms with E-state index in [4.69, 9.17) is 0 Å². The monoisotopic (exact) mass is 496 g/mol. The molecule has 1 fully saturated rings. The maximum atomic E-state index is 4.40. The van der Waals surface area contributed by atoms with Gasteiger partial charge in [-0.25, -0.2) is 0 Å². The van der Waals surface area contributed by atoms with Crippen molar-refractivity contribution in [3.05, 3.63) is 53.9 Å². The Morgan fingerprint density at radius 3 is 2.71 bits per heavy atom. The number of guanidine groups is 1. The molecule has 0 amide bonds. The summed E-state index contributed by atoms with van der Waals surface area (Å²) >= 11 is 0. The van der Waals surface area contributed by atoms with Crippen LogP contribution >= 0.6 is 24.0 Å². The number of rotatable bonds is 7. The van der Waals surface area contributed by atoms with Crippen LogP contribution in [0.15, 0.2) is 47.7 Å². The van der Waals surface area contributed by atoms with Gasteiger partial charge in [-0.15, -0.1) is 24.0 Å². The summed E-state index contributed by atoms with van der Waals surface area (Å²) in [5, 5.41) is 11.3. The summed E-state index contributed by atoms with van der Waals surface area (Å²) in [5.74, 6) is 0.866. The van der Waals surface area contributed by atoms with Crippen molar-refractivity contribution in [1.29, 1.82) is 0 Å². The molecule has 154 valence electrons. The van der Waals surface area contributed by atoms with E-state index in [1.54, 1.807) is 0 Å². The minimum atomic E-state index is 0. The molecule has 2 N–H and O–H groups in total. The maximum Gasteiger partial charge on any atom is 0.191 e. The maximum absolute atomic E-state index is 4.40. The zero-order chi connectivity index (χ0) is 18.9. The first-order valence-corrected chi connectivity index (χ1v) is 10.0. The number of benzene rings is 1. The molecule has 3 rings (SSSR count). The van der Waals surface area contributed by atoms with E-state index in [0.717, 1.165) is 32.1 Å². The van der Waals surface area contributed by atoms with Gasteiger partial charge in [0.15, 0.2) is 5.96 Å². The number of likely N-dealkylation sites (tertiary alicyclic amines) is 1. The van der Waals surface area contributed by atoms with Crippen molar-refractivity contribution >= 4 is 29.9 Å². The summed E-state index contributed by atoms with van der Waals surface area (Å²) in [5.41, 5.74) is 2.54. The third-order valence-electron chi connectivity index (χ3n) is 5.34. The number of nitrogens with one attached hydrogen (secondary N) is 2. The Morgan fingerprint density at radius 1 is 1.18 bits per heavy atom. The van der Waals surface area contributed by atoms with E-state index in [1.165, 1.54) is 36.9 Å². The molecule has 0 aliphatic carbocycles. The molecule has 1 aliphatic rings. The standard InChI is InChI=1S/C21H32N6.HI/c1-3-26-13-7-6-11-20(26)16-24-21(22-2)23-15-18-9-4-5-10-19(18)17-27-14-8-12-25-27;/h4-5,8-10,12,14,20H,3,6-7,11,13,15-17H2,1-2H3,(H2,22,23,24);1H. The van der Waals surface area contributed by atoms with Crippen LogP contribution in [-0.2, 0) is 13.1 Å². The average Bonchev–Trinajstić information content (AvgIpc) is 3.22. The Kier molecular flexibility index (Phi) is 9.77. The van der Waals surface area contributed by atoms with Crippen molar-refractivity contribution in [2.75, 3.05) is 26.7 Å². The first kappa shape index (κ1) is 22.7. The smallest absolute Gasteiger partial charge is 0.191 e. The first-order valence-electron chi connectivity index (χ1n) is 10.0. The van der Waals surface area contributed by atoms with Gasteiger partial charge in [0, 0.05) is 38.6 Å². The molecule has 1 atom stereocenters. The quantitative estimate of drug-likeness (QED) is 0.352. The Balaban J connectivity index is 0.00000280. The highest BCUT2D eigenvalue weighted by Crippen LogP contribution is 2.15. The molecule has 1 saturated heterocycles. The van der Waals surface area contributed by atoms with E-state index in [9.17, 15) is 0 Å². The molecule has 1 aromatic heterocycles. The van der Waals surface area contributed by atoms with E-state index in [-0.39, 0.29) is 24.0 Å². The lowest BCUT2D eigenvalue weighted by Gasteiger charge is -2.35. The van der Waals surface area contributed by atoms with Crippen LogP contribution in [-0.4, -0.2) is 53.4 Å². The van der Waals surface area contributed by atoms with Gasteiger partial charge in [0.05, 0.1) is 6.54 Å². The van der Waals surface area contributed by atoms with E-state index < -0.39 is 0 Å². The fraction of sp³-hybridized carbons (Fsp3) is 0.524. The molecule has 0 radical (unpaired) electrons. The lowest BCUT2D eigenvalue weighted by atomic mass is 10.0. The predicted molar refractivity (Wildman–Crippen MR) is 126 cm³/mol. The lowest BCUT2D eigenvalue weighted by molar-refractivity contribution is 0.157.